The molecule has 0 spiro atoms. The maximum absolute atomic E-state index is 11.3. The molecule has 20 heavy (non-hydrogen) atoms. The second kappa shape index (κ2) is 6.41. The summed E-state index contributed by atoms with van der Waals surface area (Å²) in [5.41, 5.74) is 0.763. The van der Waals surface area contributed by atoms with Gasteiger partial charge in [-0.25, -0.2) is 0 Å². The van der Waals surface area contributed by atoms with Crippen molar-refractivity contribution < 1.29 is 4.92 Å². The second-order valence-corrected chi connectivity index (χ2v) is 5.55. The first-order chi connectivity index (χ1) is 9.56. The van der Waals surface area contributed by atoms with Crippen molar-refractivity contribution in [1.29, 1.82) is 0 Å². The number of nitro groups is 1. The van der Waals surface area contributed by atoms with Crippen LogP contribution in [0.15, 0.2) is 18.2 Å². The summed E-state index contributed by atoms with van der Waals surface area (Å²) < 4.78 is 0. The summed E-state index contributed by atoms with van der Waals surface area (Å²) in [6, 6.07) is 5.57. The highest BCUT2D eigenvalue weighted by Gasteiger charge is 2.30. The summed E-state index contributed by atoms with van der Waals surface area (Å²) in [4.78, 5) is 13.1. The minimum Gasteiger partial charge on any atom is -0.360 e. The van der Waals surface area contributed by atoms with Gasteiger partial charge in [-0.1, -0.05) is 25.4 Å². The standard InChI is InChI=1S/C14H20ClN3O2/c1-3-11-9-17(12(4-2)8-16-11)13-6-5-10(15)7-14(13)18(19)20/h5-7,11-12,16H,3-4,8-9H2,1-2H3. The molecule has 1 saturated heterocycles. The largest absolute Gasteiger partial charge is 0.360 e. The van der Waals surface area contributed by atoms with E-state index < -0.39 is 0 Å². The van der Waals surface area contributed by atoms with Crippen molar-refractivity contribution in [2.75, 3.05) is 18.0 Å². The van der Waals surface area contributed by atoms with Gasteiger partial charge in [-0.15, -0.1) is 0 Å². The Kier molecular flexibility index (Phi) is 4.83. The summed E-state index contributed by atoms with van der Waals surface area (Å²) in [5, 5.41) is 15.2. The molecular weight excluding hydrogens is 278 g/mol. The molecule has 1 heterocycles. The number of halogens is 1. The zero-order chi connectivity index (χ0) is 14.7. The van der Waals surface area contributed by atoms with Gasteiger partial charge in [-0.05, 0) is 25.0 Å². The first-order valence-corrected chi connectivity index (χ1v) is 7.38. The van der Waals surface area contributed by atoms with Gasteiger partial charge < -0.3 is 10.2 Å². The highest BCUT2D eigenvalue weighted by Crippen LogP contribution is 2.33. The van der Waals surface area contributed by atoms with Crippen molar-refractivity contribution in [1.82, 2.24) is 5.32 Å². The Balaban J connectivity index is 2.38. The molecule has 1 aromatic rings. The quantitative estimate of drug-likeness (QED) is 0.685. The summed E-state index contributed by atoms with van der Waals surface area (Å²) >= 11 is 5.89. The van der Waals surface area contributed by atoms with E-state index in [0.29, 0.717) is 16.8 Å². The molecule has 6 heteroatoms. The molecule has 2 unspecified atom stereocenters. The molecule has 1 aliphatic rings. The van der Waals surface area contributed by atoms with Gasteiger partial charge in [0.2, 0.25) is 0 Å². The Morgan fingerprint density at radius 3 is 2.80 bits per heavy atom. The Bertz CT molecular complexity index is 495. The predicted molar refractivity (Wildman–Crippen MR) is 81.6 cm³/mol. The molecule has 1 N–H and O–H groups in total. The first-order valence-electron chi connectivity index (χ1n) is 7.00. The van der Waals surface area contributed by atoms with E-state index in [9.17, 15) is 10.1 Å². The molecule has 0 bridgehead atoms. The molecule has 1 aromatic carbocycles. The minimum absolute atomic E-state index is 0.0905. The lowest BCUT2D eigenvalue weighted by atomic mass is 10.0. The Morgan fingerprint density at radius 1 is 1.45 bits per heavy atom. The zero-order valence-electron chi connectivity index (χ0n) is 11.8. The Morgan fingerprint density at radius 2 is 2.20 bits per heavy atom. The van der Waals surface area contributed by atoms with Gasteiger partial charge in [-0.2, -0.15) is 0 Å². The Labute approximate surface area is 124 Å². The summed E-state index contributed by atoms with van der Waals surface area (Å²) in [7, 11) is 0. The molecule has 110 valence electrons. The van der Waals surface area contributed by atoms with Gasteiger partial charge in [0, 0.05) is 36.3 Å². The van der Waals surface area contributed by atoms with Gasteiger partial charge in [-0.3, -0.25) is 10.1 Å². The van der Waals surface area contributed by atoms with E-state index in [-0.39, 0.29) is 16.7 Å². The molecule has 5 nitrogen and oxygen atoms in total. The summed E-state index contributed by atoms with van der Waals surface area (Å²) in [5.74, 6) is 0. The van der Waals surface area contributed by atoms with E-state index in [0.717, 1.165) is 25.9 Å². The highest BCUT2D eigenvalue weighted by molar-refractivity contribution is 6.30. The molecule has 0 amide bonds. The van der Waals surface area contributed by atoms with Crippen molar-refractivity contribution in [3.63, 3.8) is 0 Å². The molecule has 2 rings (SSSR count). The van der Waals surface area contributed by atoms with E-state index in [1.165, 1.54) is 6.07 Å². The number of rotatable bonds is 4. The van der Waals surface area contributed by atoms with Crippen LogP contribution in [0, 0.1) is 10.1 Å². The maximum Gasteiger partial charge on any atom is 0.294 e. The van der Waals surface area contributed by atoms with Crippen molar-refractivity contribution in [3.05, 3.63) is 33.3 Å². The lowest BCUT2D eigenvalue weighted by molar-refractivity contribution is -0.384. The number of hydrogen-bond donors (Lipinski definition) is 1. The fourth-order valence-corrected chi connectivity index (χ4v) is 2.85. The number of piperazine rings is 1. The average molecular weight is 298 g/mol. The van der Waals surface area contributed by atoms with Gasteiger partial charge in [0.05, 0.1) is 4.92 Å². The predicted octanol–water partition coefficient (Wildman–Crippen LogP) is 3.22. The molecule has 1 aliphatic heterocycles. The lowest BCUT2D eigenvalue weighted by Crippen LogP contribution is -2.56. The van der Waals surface area contributed by atoms with Gasteiger partial charge >= 0.3 is 0 Å². The molecule has 0 radical (unpaired) electrons. The van der Waals surface area contributed by atoms with E-state index in [1.807, 2.05) is 0 Å². The van der Waals surface area contributed by atoms with E-state index in [2.05, 4.69) is 24.1 Å². The lowest BCUT2D eigenvalue weighted by Gasteiger charge is -2.41. The summed E-state index contributed by atoms with van der Waals surface area (Å²) in [6.07, 6.45) is 1.96. The number of nitrogens with one attached hydrogen (secondary N) is 1. The third kappa shape index (κ3) is 3.04. The Hall–Kier alpha value is -1.33. The average Bonchev–Trinajstić information content (AvgIpc) is 2.46. The monoisotopic (exact) mass is 297 g/mol. The van der Waals surface area contributed by atoms with Gasteiger partial charge in [0.15, 0.2) is 0 Å². The van der Waals surface area contributed by atoms with Gasteiger partial charge in [0.1, 0.15) is 5.69 Å². The minimum atomic E-state index is -0.350. The molecule has 2 atom stereocenters. The number of benzene rings is 1. The van der Waals surface area contributed by atoms with Crippen LogP contribution in [0.4, 0.5) is 11.4 Å². The van der Waals surface area contributed by atoms with Crippen LogP contribution >= 0.6 is 11.6 Å². The number of nitrogens with zero attached hydrogens (tertiary/aromatic N) is 2. The topological polar surface area (TPSA) is 58.4 Å². The SMILES string of the molecule is CCC1CN(c2ccc(Cl)cc2[N+](=O)[O-])C(CC)CN1. The highest BCUT2D eigenvalue weighted by atomic mass is 35.5. The third-order valence-electron chi connectivity index (χ3n) is 3.91. The molecule has 0 aliphatic carbocycles. The number of hydrogen-bond acceptors (Lipinski definition) is 4. The maximum atomic E-state index is 11.3. The van der Waals surface area contributed by atoms with Crippen LogP contribution in [-0.4, -0.2) is 30.1 Å². The fourth-order valence-electron chi connectivity index (χ4n) is 2.68. The van der Waals surface area contributed by atoms with E-state index in [1.54, 1.807) is 12.1 Å². The van der Waals surface area contributed by atoms with Gasteiger partial charge in [0.25, 0.3) is 5.69 Å². The van der Waals surface area contributed by atoms with Crippen molar-refractivity contribution in [2.24, 2.45) is 0 Å². The molecule has 0 aromatic heterocycles. The summed E-state index contributed by atoms with van der Waals surface area (Å²) in [6.45, 7) is 5.87. The molecular formula is C14H20ClN3O2. The first kappa shape index (κ1) is 15.1. The van der Waals surface area contributed by atoms with Crippen LogP contribution in [0.1, 0.15) is 26.7 Å². The van der Waals surface area contributed by atoms with Crippen LogP contribution in [0.25, 0.3) is 0 Å². The van der Waals surface area contributed by atoms with E-state index >= 15 is 0 Å². The fraction of sp³-hybridized carbons (Fsp3) is 0.571. The molecule has 0 saturated carbocycles. The van der Waals surface area contributed by atoms with Crippen LogP contribution in [0.5, 0.6) is 0 Å². The number of nitro benzene ring substituents is 1. The normalized spacial score (nSPS) is 22.9. The van der Waals surface area contributed by atoms with E-state index in [4.69, 9.17) is 11.6 Å². The number of anilines is 1. The van der Waals surface area contributed by atoms with Crippen molar-refractivity contribution in [3.8, 4) is 0 Å². The van der Waals surface area contributed by atoms with Crippen LogP contribution in [0.2, 0.25) is 5.02 Å². The smallest absolute Gasteiger partial charge is 0.294 e. The van der Waals surface area contributed by atoms with Crippen LogP contribution < -0.4 is 10.2 Å². The van der Waals surface area contributed by atoms with Crippen LogP contribution in [-0.2, 0) is 0 Å². The van der Waals surface area contributed by atoms with Crippen molar-refractivity contribution >= 4 is 23.0 Å². The van der Waals surface area contributed by atoms with Crippen molar-refractivity contribution in [2.45, 2.75) is 38.8 Å². The molecule has 1 fully saturated rings. The van der Waals surface area contributed by atoms with Crippen LogP contribution in [0.3, 0.4) is 0 Å². The zero-order valence-corrected chi connectivity index (χ0v) is 12.6. The third-order valence-corrected chi connectivity index (χ3v) is 4.14. The second-order valence-electron chi connectivity index (χ2n) is 5.12.